The minimum Gasteiger partial charge on any atom is -0.340 e. The molecular formula is C13H20ClN3O2. The van der Waals surface area contributed by atoms with Crippen molar-refractivity contribution in [1.82, 2.24) is 14.8 Å². The molecular weight excluding hydrogens is 266 g/mol. The summed E-state index contributed by atoms with van der Waals surface area (Å²) in [4.78, 5) is 25.5. The monoisotopic (exact) mass is 285 g/mol. The van der Waals surface area contributed by atoms with Crippen molar-refractivity contribution >= 4 is 18.3 Å². The molecule has 0 bridgehead atoms. The Balaban J connectivity index is 0.00000180. The summed E-state index contributed by atoms with van der Waals surface area (Å²) in [5.74, 6) is 0.0169. The Morgan fingerprint density at radius 3 is 2.95 bits per heavy atom. The Bertz CT molecular complexity index is 475. The molecule has 106 valence electrons. The average molecular weight is 286 g/mol. The Hall–Kier alpha value is -1.33. The summed E-state index contributed by atoms with van der Waals surface area (Å²) in [7, 11) is 1.92. The molecule has 1 aromatic rings. The molecule has 1 aliphatic rings. The highest BCUT2D eigenvalue weighted by Gasteiger charge is 2.22. The summed E-state index contributed by atoms with van der Waals surface area (Å²) < 4.78 is 1.45. The van der Waals surface area contributed by atoms with Crippen LogP contribution in [0.2, 0.25) is 0 Å². The number of nitrogens with one attached hydrogen (secondary N) is 1. The van der Waals surface area contributed by atoms with Crippen LogP contribution in [0.25, 0.3) is 0 Å². The van der Waals surface area contributed by atoms with E-state index < -0.39 is 0 Å². The van der Waals surface area contributed by atoms with E-state index in [1.165, 1.54) is 10.6 Å². The number of hydrogen-bond donors (Lipinski definition) is 1. The molecule has 19 heavy (non-hydrogen) atoms. The van der Waals surface area contributed by atoms with Crippen LogP contribution < -0.4 is 10.9 Å². The van der Waals surface area contributed by atoms with Crippen LogP contribution >= 0.6 is 12.4 Å². The van der Waals surface area contributed by atoms with Crippen molar-refractivity contribution in [3.05, 3.63) is 34.7 Å². The number of halogens is 1. The van der Waals surface area contributed by atoms with E-state index in [-0.39, 0.29) is 30.4 Å². The van der Waals surface area contributed by atoms with E-state index in [1.807, 2.05) is 11.9 Å². The molecule has 2 rings (SSSR count). The van der Waals surface area contributed by atoms with Crippen molar-refractivity contribution in [2.24, 2.45) is 0 Å². The standard InChI is InChI=1S/C13H19N3O2.ClH/c1-14-11-5-4-8-15(9-11)13(18)10-16-7-3-2-6-12(16)17;/h2-3,6-7,11,14H,4-5,8-10H2,1H3;1H. The van der Waals surface area contributed by atoms with Crippen molar-refractivity contribution in [1.29, 1.82) is 0 Å². The molecule has 5 nitrogen and oxygen atoms in total. The number of pyridine rings is 1. The molecule has 1 fully saturated rings. The van der Waals surface area contributed by atoms with Crippen LogP contribution in [0.4, 0.5) is 0 Å². The third-order valence-electron chi connectivity index (χ3n) is 3.39. The van der Waals surface area contributed by atoms with Gasteiger partial charge in [0.15, 0.2) is 0 Å². The van der Waals surface area contributed by atoms with Gasteiger partial charge in [0.2, 0.25) is 5.91 Å². The van der Waals surface area contributed by atoms with Crippen molar-refractivity contribution in [2.45, 2.75) is 25.4 Å². The quantitative estimate of drug-likeness (QED) is 0.879. The van der Waals surface area contributed by atoms with E-state index >= 15 is 0 Å². The van der Waals surface area contributed by atoms with Gasteiger partial charge in [0, 0.05) is 31.4 Å². The first-order valence-electron chi connectivity index (χ1n) is 6.31. The van der Waals surface area contributed by atoms with E-state index in [0.717, 1.165) is 25.9 Å². The van der Waals surface area contributed by atoms with Crippen LogP contribution in [0.5, 0.6) is 0 Å². The Labute approximate surface area is 119 Å². The summed E-state index contributed by atoms with van der Waals surface area (Å²) in [5.41, 5.74) is -0.131. The Kier molecular flexibility index (Phi) is 6.05. The van der Waals surface area contributed by atoms with Crippen LogP contribution in [0, 0.1) is 0 Å². The van der Waals surface area contributed by atoms with E-state index in [9.17, 15) is 9.59 Å². The van der Waals surface area contributed by atoms with Gasteiger partial charge in [-0.05, 0) is 26.0 Å². The SMILES string of the molecule is CNC1CCCN(C(=O)Cn2ccccc2=O)C1.Cl. The summed E-state index contributed by atoms with van der Waals surface area (Å²) >= 11 is 0. The predicted octanol–water partition coefficient (Wildman–Crippen LogP) is 0.480. The van der Waals surface area contributed by atoms with Gasteiger partial charge in [-0.15, -0.1) is 12.4 Å². The summed E-state index contributed by atoms with van der Waals surface area (Å²) in [6.45, 7) is 1.66. The van der Waals surface area contributed by atoms with E-state index in [0.29, 0.717) is 6.04 Å². The minimum absolute atomic E-state index is 0. The van der Waals surface area contributed by atoms with E-state index in [1.54, 1.807) is 18.3 Å². The second kappa shape index (κ2) is 7.31. The van der Waals surface area contributed by atoms with Crippen molar-refractivity contribution in [2.75, 3.05) is 20.1 Å². The molecule has 1 unspecified atom stereocenters. The number of likely N-dealkylation sites (N-methyl/N-ethyl adjacent to an activating group) is 1. The molecule has 1 aliphatic heterocycles. The maximum atomic E-state index is 12.1. The van der Waals surface area contributed by atoms with Crippen LogP contribution in [0.15, 0.2) is 29.2 Å². The molecule has 1 N–H and O–H groups in total. The molecule has 6 heteroatoms. The molecule has 0 aliphatic carbocycles. The fourth-order valence-corrected chi connectivity index (χ4v) is 2.28. The first kappa shape index (κ1) is 15.7. The third-order valence-corrected chi connectivity index (χ3v) is 3.39. The van der Waals surface area contributed by atoms with Gasteiger partial charge in [-0.1, -0.05) is 6.07 Å². The van der Waals surface area contributed by atoms with Gasteiger partial charge in [-0.2, -0.15) is 0 Å². The number of carbonyl (C=O) groups excluding carboxylic acids is 1. The van der Waals surface area contributed by atoms with E-state index in [4.69, 9.17) is 0 Å². The van der Waals surface area contributed by atoms with Gasteiger partial charge in [0.05, 0.1) is 0 Å². The number of aromatic nitrogens is 1. The second-order valence-corrected chi connectivity index (χ2v) is 4.63. The number of rotatable bonds is 3. The van der Waals surface area contributed by atoms with Gasteiger partial charge in [0.25, 0.3) is 5.56 Å². The molecule has 0 radical (unpaired) electrons. The number of piperidine rings is 1. The predicted molar refractivity (Wildman–Crippen MR) is 76.6 cm³/mol. The smallest absolute Gasteiger partial charge is 0.250 e. The van der Waals surface area contributed by atoms with Crippen LogP contribution in [-0.4, -0.2) is 41.6 Å². The van der Waals surface area contributed by atoms with Crippen molar-refractivity contribution in [3.63, 3.8) is 0 Å². The molecule has 0 aromatic carbocycles. The zero-order valence-electron chi connectivity index (χ0n) is 11.0. The molecule has 1 atom stereocenters. The lowest BCUT2D eigenvalue weighted by molar-refractivity contribution is -0.133. The Morgan fingerprint density at radius 2 is 2.26 bits per heavy atom. The molecule has 2 heterocycles. The van der Waals surface area contributed by atoms with Gasteiger partial charge in [0.1, 0.15) is 6.54 Å². The van der Waals surface area contributed by atoms with Crippen molar-refractivity contribution < 1.29 is 4.79 Å². The van der Waals surface area contributed by atoms with Crippen LogP contribution in [0.1, 0.15) is 12.8 Å². The van der Waals surface area contributed by atoms with Crippen LogP contribution in [-0.2, 0) is 11.3 Å². The third kappa shape index (κ3) is 4.08. The maximum absolute atomic E-state index is 12.1. The molecule has 1 aromatic heterocycles. The fourth-order valence-electron chi connectivity index (χ4n) is 2.28. The van der Waals surface area contributed by atoms with Gasteiger partial charge in [-0.3, -0.25) is 9.59 Å². The number of carbonyl (C=O) groups is 1. The topological polar surface area (TPSA) is 54.3 Å². The largest absolute Gasteiger partial charge is 0.340 e. The molecule has 1 amide bonds. The second-order valence-electron chi connectivity index (χ2n) is 4.63. The minimum atomic E-state index is -0.131. The summed E-state index contributed by atoms with van der Waals surface area (Å²) in [5, 5.41) is 3.20. The number of nitrogens with zero attached hydrogens (tertiary/aromatic N) is 2. The fraction of sp³-hybridized carbons (Fsp3) is 0.538. The number of hydrogen-bond acceptors (Lipinski definition) is 3. The first-order chi connectivity index (χ1) is 8.70. The summed E-state index contributed by atoms with van der Waals surface area (Å²) in [6, 6.07) is 5.29. The average Bonchev–Trinajstić information content (AvgIpc) is 2.41. The number of amides is 1. The Morgan fingerprint density at radius 1 is 1.47 bits per heavy atom. The van der Waals surface area contributed by atoms with Gasteiger partial charge >= 0.3 is 0 Å². The highest BCUT2D eigenvalue weighted by molar-refractivity contribution is 5.85. The highest BCUT2D eigenvalue weighted by Crippen LogP contribution is 2.10. The normalized spacial score (nSPS) is 18.8. The zero-order chi connectivity index (χ0) is 13.0. The van der Waals surface area contributed by atoms with Gasteiger partial charge in [-0.25, -0.2) is 0 Å². The van der Waals surface area contributed by atoms with Crippen molar-refractivity contribution in [3.8, 4) is 0 Å². The summed E-state index contributed by atoms with van der Waals surface area (Å²) in [6.07, 6.45) is 3.77. The van der Waals surface area contributed by atoms with E-state index in [2.05, 4.69) is 5.32 Å². The molecule has 0 spiro atoms. The number of likely N-dealkylation sites (tertiary alicyclic amines) is 1. The zero-order valence-corrected chi connectivity index (χ0v) is 11.9. The lowest BCUT2D eigenvalue weighted by Crippen LogP contribution is -2.48. The molecule has 0 saturated carbocycles. The lowest BCUT2D eigenvalue weighted by Gasteiger charge is -2.32. The van der Waals surface area contributed by atoms with Crippen LogP contribution in [0.3, 0.4) is 0 Å². The maximum Gasteiger partial charge on any atom is 0.250 e. The molecule has 1 saturated heterocycles. The first-order valence-corrected chi connectivity index (χ1v) is 6.31. The lowest BCUT2D eigenvalue weighted by atomic mass is 10.1. The van der Waals surface area contributed by atoms with Gasteiger partial charge < -0.3 is 14.8 Å². The highest BCUT2D eigenvalue weighted by atomic mass is 35.5.